The van der Waals surface area contributed by atoms with E-state index in [0.717, 1.165) is 30.1 Å². The molecule has 0 radical (unpaired) electrons. The molecule has 2 aromatic heterocycles. The Hall–Kier alpha value is -2.89. The third-order valence-corrected chi connectivity index (χ3v) is 7.45. The smallest absolute Gasteiger partial charge is 0.417 e. The zero-order valence-corrected chi connectivity index (χ0v) is 22.1. The molecule has 1 aromatic carbocycles. The van der Waals surface area contributed by atoms with Crippen molar-refractivity contribution in [3.8, 4) is 22.8 Å². The molecule has 3 aromatic rings. The molecule has 2 aliphatic rings. The molecule has 1 amide bonds. The second-order valence-corrected chi connectivity index (χ2v) is 10.6. The van der Waals surface area contributed by atoms with E-state index in [9.17, 15) is 18.0 Å². The van der Waals surface area contributed by atoms with Crippen molar-refractivity contribution in [2.75, 3.05) is 26.4 Å². The van der Waals surface area contributed by atoms with Crippen LogP contribution in [0.25, 0.3) is 11.3 Å². The van der Waals surface area contributed by atoms with Crippen LogP contribution in [0, 0.1) is 6.92 Å². The fourth-order valence-electron chi connectivity index (χ4n) is 4.46. The van der Waals surface area contributed by atoms with Gasteiger partial charge in [0.2, 0.25) is 5.91 Å². The molecule has 12 heteroatoms. The van der Waals surface area contributed by atoms with E-state index in [0.29, 0.717) is 48.1 Å². The van der Waals surface area contributed by atoms with Gasteiger partial charge < -0.3 is 19.1 Å². The number of ether oxygens (including phenoxy) is 3. The molecule has 38 heavy (non-hydrogen) atoms. The molecule has 1 unspecified atom stereocenters. The first-order valence-electron chi connectivity index (χ1n) is 12.1. The van der Waals surface area contributed by atoms with Crippen LogP contribution in [0.2, 0.25) is 5.02 Å². The number of halogens is 4. The molecule has 0 bridgehead atoms. The van der Waals surface area contributed by atoms with Gasteiger partial charge in [-0.2, -0.15) is 13.2 Å². The van der Waals surface area contributed by atoms with E-state index >= 15 is 0 Å². The summed E-state index contributed by atoms with van der Waals surface area (Å²) in [6.07, 6.45) is -1.90. The minimum atomic E-state index is -4.57. The minimum Gasteiger partial charge on any atom is -0.487 e. The van der Waals surface area contributed by atoms with Crippen molar-refractivity contribution in [1.29, 1.82) is 0 Å². The molecule has 0 N–H and O–H groups in total. The standard InChI is InChI=1S/C26H25ClF3N3O4S/c1-15-32-19(14-38-15)10-23(34)33-4-6-36-25-17(12-33)7-16(8-22(25)37-13-20-3-2-5-35-20)24-21(27)9-18(11-31-24)26(28,29)30/h7-9,11,14,20H,2-6,10,12-13H2,1H3. The Kier molecular flexibility index (Phi) is 7.78. The molecule has 1 atom stereocenters. The predicted octanol–water partition coefficient (Wildman–Crippen LogP) is 5.71. The average Bonchev–Trinajstić information content (AvgIpc) is 3.48. The van der Waals surface area contributed by atoms with Gasteiger partial charge >= 0.3 is 6.18 Å². The first kappa shape index (κ1) is 26.7. The van der Waals surface area contributed by atoms with Crippen molar-refractivity contribution in [2.24, 2.45) is 0 Å². The van der Waals surface area contributed by atoms with Crippen molar-refractivity contribution in [3.05, 3.63) is 56.6 Å². The normalized spacial score (nSPS) is 17.6. The number of nitrogens with zero attached hydrogens (tertiary/aromatic N) is 3. The van der Waals surface area contributed by atoms with Crippen LogP contribution in [-0.2, 0) is 28.7 Å². The topological polar surface area (TPSA) is 73.8 Å². The van der Waals surface area contributed by atoms with E-state index in [-0.39, 0.29) is 42.3 Å². The van der Waals surface area contributed by atoms with Gasteiger partial charge in [0.1, 0.15) is 13.2 Å². The number of alkyl halides is 3. The number of rotatable bonds is 6. The zero-order valence-electron chi connectivity index (χ0n) is 20.5. The van der Waals surface area contributed by atoms with Gasteiger partial charge in [-0.15, -0.1) is 11.3 Å². The van der Waals surface area contributed by atoms with Crippen LogP contribution in [0.3, 0.4) is 0 Å². The van der Waals surface area contributed by atoms with Gasteiger partial charge in [0.15, 0.2) is 11.5 Å². The fourth-order valence-corrected chi connectivity index (χ4v) is 5.35. The number of fused-ring (bicyclic) bond motifs is 1. The Morgan fingerprint density at radius 1 is 1.29 bits per heavy atom. The van der Waals surface area contributed by atoms with Gasteiger partial charge in [-0.25, -0.2) is 4.98 Å². The lowest BCUT2D eigenvalue weighted by Crippen LogP contribution is -2.33. The van der Waals surface area contributed by atoms with Gasteiger partial charge in [-0.1, -0.05) is 11.6 Å². The van der Waals surface area contributed by atoms with Crippen LogP contribution in [0.15, 0.2) is 29.8 Å². The molecule has 1 fully saturated rings. The number of benzene rings is 1. The van der Waals surface area contributed by atoms with Gasteiger partial charge in [0.25, 0.3) is 0 Å². The summed E-state index contributed by atoms with van der Waals surface area (Å²) in [7, 11) is 0. The van der Waals surface area contributed by atoms with Gasteiger partial charge in [0.05, 0.1) is 46.1 Å². The van der Waals surface area contributed by atoms with Crippen molar-refractivity contribution in [3.63, 3.8) is 0 Å². The summed E-state index contributed by atoms with van der Waals surface area (Å²) in [4.78, 5) is 23.2. The Morgan fingerprint density at radius 3 is 2.82 bits per heavy atom. The molecular weight excluding hydrogens is 543 g/mol. The highest BCUT2D eigenvalue weighted by atomic mass is 35.5. The maximum absolute atomic E-state index is 13.2. The Labute approximate surface area is 226 Å². The van der Waals surface area contributed by atoms with Crippen LogP contribution >= 0.6 is 22.9 Å². The Morgan fingerprint density at radius 2 is 2.13 bits per heavy atom. The fraction of sp³-hybridized carbons (Fsp3) is 0.423. The van der Waals surface area contributed by atoms with E-state index in [1.807, 2.05) is 12.3 Å². The maximum Gasteiger partial charge on any atom is 0.417 e. The maximum atomic E-state index is 13.2. The van der Waals surface area contributed by atoms with Crippen LogP contribution in [-0.4, -0.2) is 53.2 Å². The number of aryl methyl sites for hydroxylation is 1. The van der Waals surface area contributed by atoms with Crippen LogP contribution in [0.4, 0.5) is 13.2 Å². The highest BCUT2D eigenvalue weighted by molar-refractivity contribution is 7.09. The quantitative estimate of drug-likeness (QED) is 0.380. The third-order valence-electron chi connectivity index (χ3n) is 6.34. The summed E-state index contributed by atoms with van der Waals surface area (Å²) in [6.45, 7) is 3.68. The summed E-state index contributed by atoms with van der Waals surface area (Å²) in [5.74, 6) is 0.773. The molecule has 0 aliphatic carbocycles. The highest BCUT2D eigenvalue weighted by Gasteiger charge is 2.32. The monoisotopic (exact) mass is 567 g/mol. The van der Waals surface area contributed by atoms with Crippen LogP contribution in [0.1, 0.15) is 34.7 Å². The predicted molar refractivity (Wildman–Crippen MR) is 136 cm³/mol. The second-order valence-electron chi connectivity index (χ2n) is 9.16. The number of pyridine rings is 1. The molecule has 0 saturated carbocycles. The lowest BCUT2D eigenvalue weighted by atomic mass is 10.0. The molecule has 1 saturated heterocycles. The minimum absolute atomic E-state index is 0.0625. The number of hydrogen-bond donors (Lipinski definition) is 0. The van der Waals surface area contributed by atoms with Crippen molar-refractivity contribution < 1.29 is 32.2 Å². The van der Waals surface area contributed by atoms with E-state index in [2.05, 4.69) is 9.97 Å². The number of hydrogen-bond acceptors (Lipinski definition) is 7. The number of thiazole rings is 1. The number of carbonyl (C=O) groups is 1. The molecule has 5 rings (SSSR count). The van der Waals surface area contributed by atoms with E-state index in [1.165, 1.54) is 11.3 Å². The molecular formula is C26H25ClF3N3O4S. The van der Waals surface area contributed by atoms with Crippen LogP contribution in [0.5, 0.6) is 11.5 Å². The van der Waals surface area contributed by atoms with Gasteiger partial charge in [-0.05, 0) is 38.0 Å². The first-order chi connectivity index (χ1) is 18.2. The Bertz CT molecular complexity index is 1330. The Balaban J connectivity index is 1.48. The van der Waals surface area contributed by atoms with Crippen molar-refractivity contribution in [1.82, 2.24) is 14.9 Å². The zero-order chi connectivity index (χ0) is 26.9. The average molecular weight is 568 g/mol. The lowest BCUT2D eigenvalue weighted by Gasteiger charge is -2.20. The number of aromatic nitrogens is 2. The second kappa shape index (κ2) is 11.1. The first-order valence-corrected chi connectivity index (χ1v) is 13.4. The highest BCUT2D eigenvalue weighted by Crippen LogP contribution is 2.41. The summed E-state index contributed by atoms with van der Waals surface area (Å²) in [5, 5.41) is 2.60. The lowest BCUT2D eigenvalue weighted by molar-refractivity contribution is -0.137. The van der Waals surface area contributed by atoms with Crippen molar-refractivity contribution in [2.45, 2.75) is 45.0 Å². The van der Waals surface area contributed by atoms with E-state index in [4.69, 9.17) is 25.8 Å². The van der Waals surface area contributed by atoms with Gasteiger partial charge in [0, 0.05) is 35.9 Å². The molecule has 4 heterocycles. The summed E-state index contributed by atoms with van der Waals surface area (Å²) in [6, 6.07) is 4.24. The van der Waals surface area contributed by atoms with E-state index in [1.54, 1.807) is 17.0 Å². The summed E-state index contributed by atoms with van der Waals surface area (Å²) >= 11 is 7.75. The van der Waals surface area contributed by atoms with Crippen molar-refractivity contribution >= 4 is 28.8 Å². The number of amides is 1. The third kappa shape index (κ3) is 6.05. The molecule has 202 valence electrons. The number of carbonyl (C=O) groups excluding carboxylic acids is 1. The summed E-state index contributed by atoms with van der Waals surface area (Å²) in [5.41, 5.74) is 1.04. The molecule has 7 nitrogen and oxygen atoms in total. The SMILES string of the molecule is Cc1nc(CC(=O)N2CCOc3c(cc(-c4ncc(C(F)(F)F)cc4Cl)cc3OCC3CCCO3)C2)cs1. The largest absolute Gasteiger partial charge is 0.487 e. The van der Waals surface area contributed by atoms with Crippen LogP contribution < -0.4 is 9.47 Å². The summed E-state index contributed by atoms with van der Waals surface area (Å²) < 4.78 is 57.3. The molecule has 2 aliphatic heterocycles. The van der Waals surface area contributed by atoms with Gasteiger partial charge in [-0.3, -0.25) is 9.78 Å². The van der Waals surface area contributed by atoms with E-state index < -0.39 is 11.7 Å². The molecule has 0 spiro atoms.